The quantitative estimate of drug-likeness (QED) is 0.836. The normalized spacial score (nSPS) is 33.7. The molecule has 2 rings (SSSR count). The van der Waals surface area contributed by atoms with Gasteiger partial charge < -0.3 is 15.0 Å². The first kappa shape index (κ1) is 15.2. The second-order valence-electron chi connectivity index (χ2n) is 6.02. The van der Waals surface area contributed by atoms with Gasteiger partial charge in [-0.3, -0.25) is 0 Å². The van der Waals surface area contributed by atoms with Crippen LogP contribution < -0.4 is 5.32 Å². The molecule has 2 aliphatic heterocycles. The minimum absolute atomic E-state index is 0. The maximum absolute atomic E-state index is 5.54. The van der Waals surface area contributed by atoms with Gasteiger partial charge in [-0.15, -0.1) is 12.4 Å². The van der Waals surface area contributed by atoms with E-state index in [1.54, 1.807) is 0 Å². The van der Waals surface area contributed by atoms with E-state index < -0.39 is 0 Å². The van der Waals surface area contributed by atoms with Crippen LogP contribution in [0.3, 0.4) is 0 Å². The molecule has 0 saturated carbocycles. The van der Waals surface area contributed by atoms with E-state index in [1.165, 1.54) is 45.4 Å². The van der Waals surface area contributed by atoms with Gasteiger partial charge in [0.2, 0.25) is 0 Å². The van der Waals surface area contributed by atoms with Crippen LogP contribution in [0.2, 0.25) is 0 Å². The van der Waals surface area contributed by atoms with Crippen LogP contribution in [0.4, 0.5) is 0 Å². The molecule has 2 heterocycles. The number of hydrogen-bond donors (Lipinski definition) is 1. The summed E-state index contributed by atoms with van der Waals surface area (Å²) < 4.78 is 5.54. The van der Waals surface area contributed by atoms with Gasteiger partial charge >= 0.3 is 0 Å². The molecular formula is C13H27ClN2O. The third kappa shape index (κ3) is 4.74. The van der Waals surface area contributed by atoms with Gasteiger partial charge in [-0.2, -0.15) is 0 Å². The maximum atomic E-state index is 5.54. The molecule has 0 bridgehead atoms. The van der Waals surface area contributed by atoms with Crippen LogP contribution in [-0.2, 0) is 4.74 Å². The summed E-state index contributed by atoms with van der Waals surface area (Å²) in [7, 11) is 2.26. The Bertz CT molecular complexity index is 213. The zero-order valence-corrected chi connectivity index (χ0v) is 12.0. The van der Waals surface area contributed by atoms with E-state index in [9.17, 15) is 0 Å². The summed E-state index contributed by atoms with van der Waals surface area (Å²) >= 11 is 0. The van der Waals surface area contributed by atoms with Gasteiger partial charge in [-0.25, -0.2) is 0 Å². The van der Waals surface area contributed by atoms with Crippen LogP contribution in [0.15, 0.2) is 0 Å². The van der Waals surface area contributed by atoms with Crippen molar-refractivity contribution >= 4 is 12.4 Å². The number of hydrogen-bond acceptors (Lipinski definition) is 3. The van der Waals surface area contributed by atoms with Crippen molar-refractivity contribution in [2.45, 2.75) is 26.2 Å². The van der Waals surface area contributed by atoms with Crippen molar-refractivity contribution in [2.24, 2.45) is 11.3 Å². The van der Waals surface area contributed by atoms with Gasteiger partial charge in [-0.05, 0) is 44.2 Å². The molecule has 0 radical (unpaired) electrons. The SMILES string of the molecule is CN(CC1CCCOC1)CC1(C)CCNC1.Cl. The molecule has 2 aliphatic rings. The second kappa shape index (κ2) is 6.93. The van der Waals surface area contributed by atoms with Crippen LogP contribution in [0.25, 0.3) is 0 Å². The molecule has 0 aromatic heterocycles. The van der Waals surface area contributed by atoms with Crippen molar-refractivity contribution < 1.29 is 4.74 Å². The fourth-order valence-corrected chi connectivity index (χ4v) is 3.11. The molecule has 1 N–H and O–H groups in total. The Morgan fingerprint density at radius 3 is 2.88 bits per heavy atom. The van der Waals surface area contributed by atoms with E-state index in [0.717, 1.165) is 19.1 Å². The first-order valence-electron chi connectivity index (χ1n) is 6.65. The van der Waals surface area contributed by atoms with E-state index in [0.29, 0.717) is 5.41 Å². The lowest BCUT2D eigenvalue weighted by molar-refractivity contribution is 0.0373. The molecule has 0 aliphatic carbocycles. The zero-order chi connectivity index (χ0) is 11.4. The van der Waals surface area contributed by atoms with Crippen LogP contribution in [0, 0.1) is 11.3 Å². The monoisotopic (exact) mass is 262 g/mol. The van der Waals surface area contributed by atoms with E-state index in [1.807, 2.05) is 0 Å². The van der Waals surface area contributed by atoms with Crippen molar-refractivity contribution in [3.05, 3.63) is 0 Å². The minimum Gasteiger partial charge on any atom is -0.381 e. The van der Waals surface area contributed by atoms with Crippen LogP contribution in [-0.4, -0.2) is 51.3 Å². The topological polar surface area (TPSA) is 24.5 Å². The summed E-state index contributed by atoms with van der Waals surface area (Å²) in [5.41, 5.74) is 0.490. The highest BCUT2D eigenvalue weighted by atomic mass is 35.5. The fraction of sp³-hybridized carbons (Fsp3) is 1.00. The summed E-state index contributed by atoms with van der Waals surface area (Å²) in [6.45, 7) is 9.14. The molecule has 0 amide bonds. The van der Waals surface area contributed by atoms with E-state index >= 15 is 0 Å². The third-order valence-corrected chi connectivity index (χ3v) is 3.93. The van der Waals surface area contributed by atoms with Crippen LogP contribution >= 0.6 is 12.4 Å². The van der Waals surface area contributed by atoms with Crippen molar-refractivity contribution in [3.63, 3.8) is 0 Å². The van der Waals surface area contributed by atoms with Crippen molar-refractivity contribution in [3.8, 4) is 0 Å². The van der Waals surface area contributed by atoms with E-state index in [4.69, 9.17) is 4.74 Å². The molecule has 17 heavy (non-hydrogen) atoms. The Balaban J connectivity index is 0.00000144. The Kier molecular flexibility index (Phi) is 6.21. The van der Waals surface area contributed by atoms with Gasteiger partial charge in [0.15, 0.2) is 0 Å². The average molecular weight is 263 g/mol. The number of halogens is 1. The maximum Gasteiger partial charge on any atom is 0.0506 e. The van der Waals surface area contributed by atoms with Crippen molar-refractivity contribution in [2.75, 3.05) is 46.4 Å². The molecule has 4 heteroatoms. The Hall–Kier alpha value is 0.170. The Morgan fingerprint density at radius 2 is 2.29 bits per heavy atom. The van der Waals surface area contributed by atoms with Gasteiger partial charge in [0.1, 0.15) is 0 Å². The Labute approximate surface area is 112 Å². The number of ether oxygens (including phenoxy) is 1. The fourth-order valence-electron chi connectivity index (χ4n) is 3.11. The highest BCUT2D eigenvalue weighted by Gasteiger charge is 2.30. The van der Waals surface area contributed by atoms with Crippen LogP contribution in [0.1, 0.15) is 26.2 Å². The first-order valence-corrected chi connectivity index (χ1v) is 6.65. The average Bonchev–Trinajstić information content (AvgIpc) is 2.66. The number of rotatable bonds is 4. The summed E-state index contributed by atoms with van der Waals surface area (Å²) in [6.07, 6.45) is 3.91. The standard InChI is InChI=1S/C13H26N2O.ClH/c1-13(5-6-14-10-13)11-15(2)8-12-4-3-7-16-9-12;/h12,14H,3-11H2,1-2H3;1H. The smallest absolute Gasteiger partial charge is 0.0506 e. The molecule has 2 atom stereocenters. The molecule has 102 valence electrons. The van der Waals surface area contributed by atoms with Gasteiger partial charge in [0.05, 0.1) is 6.61 Å². The lowest BCUT2D eigenvalue weighted by atomic mass is 9.89. The lowest BCUT2D eigenvalue weighted by Gasteiger charge is -2.32. The van der Waals surface area contributed by atoms with Crippen LogP contribution in [0.5, 0.6) is 0 Å². The molecule has 0 aromatic carbocycles. The predicted octanol–water partition coefficient (Wildman–Crippen LogP) is 1.77. The molecular weight excluding hydrogens is 236 g/mol. The largest absolute Gasteiger partial charge is 0.381 e. The zero-order valence-electron chi connectivity index (χ0n) is 11.2. The second-order valence-corrected chi connectivity index (χ2v) is 6.02. The number of nitrogens with one attached hydrogen (secondary N) is 1. The summed E-state index contributed by atoms with van der Waals surface area (Å²) in [4.78, 5) is 2.51. The van der Waals surface area contributed by atoms with Crippen molar-refractivity contribution in [1.29, 1.82) is 0 Å². The molecule has 2 fully saturated rings. The molecule has 3 nitrogen and oxygen atoms in total. The van der Waals surface area contributed by atoms with E-state index in [2.05, 4.69) is 24.2 Å². The summed E-state index contributed by atoms with van der Waals surface area (Å²) in [5, 5.41) is 3.47. The first-order chi connectivity index (χ1) is 7.68. The minimum atomic E-state index is 0. The van der Waals surface area contributed by atoms with Gasteiger partial charge in [0, 0.05) is 26.2 Å². The van der Waals surface area contributed by atoms with E-state index in [-0.39, 0.29) is 12.4 Å². The lowest BCUT2D eigenvalue weighted by Crippen LogP contribution is -2.39. The summed E-state index contributed by atoms with van der Waals surface area (Å²) in [5.74, 6) is 0.761. The molecule has 0 aromatic rings. The molecule has 0 spiro atoms. The summed E-state index contributed by atoms with van der Waals surface area (Å²) in [6, 6.07) is 0. The molecule has 2 saturated heterocycles. The van der Waals surface area contributed by atoms with Gasteiger partial charge in [-0.1, -0.05) is 6.92 Å². The Morgan fingerprint density at radius 1 is 1.47 bits per heavy atom. The molecule has 2 unspecified atom stereocenters. The highest BCUT2D eigenvalue weighted by molar-refractivity contribution is 5.85. The van der Waals surface area contributed by atoms with Crippen molar-refractivity contribution in [1.82, 2.24) is 10.2 Å². The third-order valence-electron chi connectivity index (χ3n) is 3.93. The number of nitrogens with zero attached hydrogens (tertiary/aromatic N) is 1. The predicted molar refractivity (Wildman–Crippen MR) is 73.9 cm³/mol. The highest BCUT2D eigenvalue weighted by Crippen LogP contribution is 2.26. The van der Waals surface area contributed by atoms with Gasteiger partial charge in [0.25, 0.3) is 0 Å².